The number of carbonyl (C=O) groups excluding carboxylic acids is 1. The van der Waals surface area contributed by atoms with Gasteiger partial charge in [-0.25, -0.2) is 14.6 Å². The van der Waals surface area contributed by atoms with E-state index in [1.807, 2.05) is 26.8 Å². The lowest BCUT2D eigenvalue weighted by Crippen LogP contribution is -2.43. The van der Waals surface area contributed by atoms with Gasteiger partial charge in [-0.1, -0.05) is 0 Å². The third kappa shape index (κ3) is 4.39. The van der Waals surface area contributed by atoms with Gasteiger partial charge < -0.3 is 19.1 Å². The first kappa shape index (κ1) is 19.8. The van der Waals surface area contributed by atoms with E-state index in [0.29, 0.717) is 50.5 Å². The first-order chi connectivity index (χ1) is 13.8. The Morgan fingerprint density at radius 3 is 2.69 bits per heavy atom. The van der Waals surface area contributed by atoms with Crippen LogP contribution < -0.4 is 10.4 Å². The van der Waals surface area contributed by atoms with Crippen LogP contribution in [0.2, 0.25) is 0 Å². The number of aromatic amines is 1. The number of pyridine rings is 1. The van der Waals surface area contributed by atoms with Crippen LogP contribution in [-0.2, 0) is 9.47 Å². The van der Waals surface area contributed by atoms with Crippen molar-refractivity contribution in [2.45, 2.75) is 57.8 Å². The van der Waals surface area contributed by atoms with Crippen LogP contribution in [0.3, 0.4) is 0 Å². The molecule has 0 radical (unpaired) electrons. The lowest BCUT2D eigenvalue weighted by molar-refractivity contribution is 0.0189. The van der Waals surface area contributed by atoms with Crippen molar-refractivity contribution in [2.24, 2.45) is 0 Å². The van der Waals surface area contributed by atoms with Gasteiger partial charge in [0, 0.05) is 31.6 Å². The van der Waals surface area contributed by atoms with E-state index in [2.05, 4.69) is 9.97 Å². The number of imidazole rings is 1. The Kier molecular flexibility index (Phi) is 5.24. The maximum absolute atomic E-state index is 12.6. The molecule has 9 heteroatoms. The van der Waals surface area contributed by atoms with E-state index in [4.69, 9.17) is 14.2 Å². The molecule has 0 unspecified atom stereocenters. The number of nitrogens with one attached hydrogen (secondary N) is 1. The van der Waals surface area contributed by atoms with Gasteiger partial charge in [0.05, 0.1) is 24.9 Å². The standard InChI is InChI=1S/C20H28N4O5/c1-20(2,3)29-19(26)23-7-4-13(5-8-23)24-16-10-15(28-14-6-9-27-12-14)11-21-17(16)22-18(24)25/h10-11,13-14H,4-9,12H2,1-3H3,(H,21,22,25)/t14-/m1/s1. The molecule has 0 bridgehead atoms. The monoisotopic (exact) mass is 404 g/mol. The van der Waals surface area contributed by atoms with Gasteiger partial charge in [0.1, 0.15) is 17.5 Å². The summed E-state index contributed by atoms with van der Waals surface area (Å²) in [6.45, 7) is 7.92. The van der Waals surface area contributed by atoms with Gasteiger partial charge in [0.2, 0.25) is 0 Å². The number of aromatic nitrogens is 3. The molecule has 2 aromatic heterocycles. The second kappa shape index (κ2) is 7.70. The fourth-order valence-electron chi connectivity index (χ4n) is 3.84. The summed E-state index contributed by atoms with van der Waals surface area (Å²) in [5, 5.41) is 0. The highest BCUT2D eigenvalue weighted by Crippen LogP contribution is 2.27. The van der Waals surface area contributed by atoms with Gasteiger partial charge in [0.15, 0.2) is 5.65 Å². The molecule has 2 aliphatic rings. The molecule has 1 atom stereocenters. The summed E-state index contributed by atoms with van der Waals surface area (Å²) in [5.74, 6) is 0.631. The van der Waals surface area contributed by atoms with Crippen molar-refractivity contribution in [3.63, 3.8) is 0 Å². The molecule has 29 heavy (non-hydrogen) atoms. The number of H-pyrrole nitrogens is 1. The Morgan fingerprint density at radius 1 is 1.28 bits per heavy atom. The minimum absolute atomic E-state index is 0.0122. The fourth-order valence-corrected chi connectivity index (χ4v) is 3.84. The molecule has 158 valence electrons. The Balaban J connectivity index is 1.49. The molecule has 2 saturated heterocycles. The third-order valence-corrected chi connectivity index (χ3v) is 5.22. The maximum atomic E-state index is 12.6. The number of likely N-dealkylation sites (tertiary alicyclic amines) is 1. The fraction of sp³-hybridized carbons (Fsp3) is 0.650. The molecular weight excluding hydrogens is 376 g/mol. The SMILES string of the molecule is CC(C)(C)OC(=O)N1CCC(n2c(=O)[nH]c3ncc(O[C@@H]4CCOC4)cc32)CC1. The number of amides is 1. The minimum atomic E-state index is -0.520. The average Bonchev–Trinajstić information content (AvgIpc) is 3.27. The quantitative estimate of drug-likeness (QED) is 0.844. The molecule has 4 rings (SSSR count). The highest BCUT2D eigenvalue weighted by atomic mass is 16.6. The molecule has 4 heterocycles. The summed E-state index contributed by atoms with van der Waals surface area (Å²) in [4.78, 5) is 33.8. The Labute approximate surface area is 168 Å². The van der Waals surface area contributed by atoms with Gasteiger partial charge in [-0.2, -0.15) is 0 Å². The molecule has 1 N–H and O–H groups in total. The van der Waals surface area contributed by atoms with Crippen LogP contribution in [0.5, 0.6) is 5.75 Å². The Bertz CT molecular complexity index is 930. The number of rotatable bonds is 3. The number of piperidine rings is 1. The van der Waals surface area contributed by atoms with Gasteiger partial charge in [0.25, 0.3) is 0 Å². The van der Waals surface area contributed by atoms with Crippen molar-refractivity contribution in [1.29, 1.82) is 0 Å². The Morgan fingerprint density at radius 2 is 2.03 bits per heavy atom. The highest BCUT2D eigenvalue weighted by Gasteiger charge is 2.29. The molecule has 9 nitrogen and oxygen atoms in total. The average molecular weight is 404 g/mol. The van der Waals surface area contributed by atoms with Crippen LogP contribution in [0.15, 0.2) is 17.1 Å². The van der Waals surface area contributed by atoms with Crippen molar-refractivity contribution >= 4 is 17.3 Å². The highest BCUT2D eigenvalue weighted by molar-refractivity contribution is 5.72. The van der Waals surface area contributed by atoms with Crippen molar-refractivity contribution in [3.8, 4) is 5.75 Å². The molecular formula is C20H28N4O5. The molecule has 2 aliphatic heterocycles. The topological polar surface area (TPSA) is 98.7 Å². The summed E-state index contributed by atoms with van der Waals surface area (Å²) >= 11 is 0. The summed E-state index contributed by atoms with van der Waals surface area (Å²) in [6.07, 6.45) is 3.54. The largest absolute Gasteiger partial charge is 0.486 e. The summed E-state index contributed by atoms with van der Waals surface area (Å²) < 4.78 is 18.5. The predicted molar refractivity (Wildman–Crippen MR) is 106 cm³/mol. The second-order valence-corrected chi connectivity index (χ2v) is 8.64. The zero-order chi connectivity index (χ0) is 20.6. The zero-order valence-corrected chi connectivity index (χ0v) is 17.1. The molecule has 0 aromatic carbocycles. The number of ether oxygens (including phenoxy) is 3. The lowest BCUT2D eigenvalue weighted by Gasteiger charge is -2.33. The summed E-state index contributed by atoms with van der Waals surface area (Å²) in [7, 11) is 0. The van der Waals surface area contributed by atoms with E-state index >= 15 is 0 Å². The van der Waals surface area contributed by atoms with Gasteiger partial charge in [-0.15, -0.1) is 0 Å². The number of nitrogens with zero attached hydrogens (tertiary/aromatic N) is 3. The number of fused-ring (bicyclic) bond motifs is 1. The minimum Gasteiger partial charge on any atom is -0.486 e. The van der Waals surface area contributed by atoms with Crippen molar-refractivity contribution in [1.82, 2.24) is 19.4 Å². The van der Waals surface area contributed by atoms with Crippen LogP contribution in [0, 0.1) is 0 Å². The first-order valence-corrected chi connectivity index (χ1v) is 10.1. The van der Waals surface area contributed by atoms with E-state index in [-0.39, 0.29) is 23.9 Å². The summed E-state index contributed by atoms with van der Waals surface area (Å²) in [5.41, 5.74) is 0.556. The van der Waals surface area contributed by atoms with Gasteiger partial charge in [-0.05, 0) is 33.6 Å². The third-order valence-electron chi connectivity index (χ3n) is 5.22. The van der Waals surface area contributed by atoms with E-state index in [9.17, 15) is 9.59 Å². The van der Waals surface area contributed by atoms with Crippen LogP contribution >= 0.6 is 0 Å². The van der Waals surface area contributed by atoms with Crippen LogP contribution in [0.1, 0.15) is 46.1 Å². The lowest BCUT2D eigenvalue weighted by atomic mass is 10.1. The molecule has 2 aromatic rings. The first-order valence-electron chi connectivity index (χ1n) is 10.1. The van der Waals surface area contributed by atoms with Crippen LogP contribution in [0.4, 0.5) is 4.79 Å². The van der Waals surface area contributed by atoms with Gasteiger partial charge >= 0.3 is 11.8 Å². The molecule has 1 amide bonds. The molecule has 0 spiro atoms. The normalized spacial score (nSPS) is 20.9. The van der Waals surface area contributed by atoms with Crippen LogP contribution in [-0.4, -0.2) is 63.5 Å². The predicted octanol–water partition coefficient (Wildman–Crippen LogP) is 2.46. The van der Waals surface area contributed by atoms with E-state index in [1.54, 1.807) is 15.7 Å². The molecule has 0 saturated carbocycles. The van der Waals surface area contributed by atoms with Crippen molar-refractivity contribution in [3.05, 3.63) is 22.7 Å². The zero-order valence-electron chi connectivity index (χ0n) is 17.1. The van der Waals surface area contributed by atoms with Crippen molar-refractivity contribution in [2.75, 3.05) is 26.3 Å². The summed E-state index contributed by atoms with van der Waals surface area (Å²) in [6, 6.07) is 1.85. The van der Waals surface area contributed by atoms with E-state index < -0.39 is 5.60 Å². The Hall–Kier alpha value is -2.55. The number of hydrogen-bond donors (Lipinski definition) is 1. The molecule has 2 fully saturated rings. The van der Waals surface area contributed by atoms with Crippen LogP contribution in [0.25, 0.3) is 11.2 Å². The van der Waals surface area contributed by atoms with E-state index in [0.717, 1.165) is 11.9 Å². The van der Waals surface area contributed by atoms with Gasteiger partial charge in [-0.3, -0.25) is 9.55 Å². The maximum Gasteiger partial charge on any atom is 0.410 e. The number of carbonyl (C=O) groups is 1. The molecule has 0 aliphatic carbocycles. The second-order valence-electron chi connectivity index (χ2n) is 8.64. The number of hydrogen-bond acceptors (Lipinski definition) is 6. The smallest absolute Gasteiger partial charge is 0.410 e. The van der Waals surface area contributed by atoms with E-state index in [1.165, 1.54) is 0 Å². The van der Waals surface area contributed by atoms with Crippen molar-refractivity contribution < 1.29 is 19.0 Å².